The van der Waals surface area contributed by atoms with Gasteiger partial charge in [-0.15, -0.1) is 0 Å². The van der Waals surface area contributed by atoms with Gasteiger partial charge >= 0.3 is 0 Å². The lowest BCUT2D eigenvalue weighted by Gasteiger charge is -2.37. The molecule has 7 heteroatoms. The van der Waals surface area contributed by atoms with Crippen LogP contribution in [0.1, 0.15) is 31.7 Å². The van der Waals surface area contributed by atoms with E-state index in [9.17, 15) is 12.8 Å². The van der Waals surface area contributed by atoms with E-state index in [1.807, 2.05) is 6.92 Å². The summed E-state index contributed by atoms with van der Waals surface area (Å²) in [7, 11) is -3.49. The van der Waals surface area contributed by atoms with Gasteiger partial charge in [0.05, 0.1) is 10.8 Å². The molecule has 1 fully saturated rings. The van der Waals surface area contributed by atoms with E-state index in [0.717, 1.165) is 19.3 Å². The Morgan fingerprint density at radius 1 is 1.48 bits per heavy atom. The third-order valence-electron chi connectivity index (χ3n) is 3.80. The molecule has 4 nitrogen and oxygen atoms in total. The van der Waals surface area contributed by atoms with Crippen molar-refractivity contribution >= 4 is 21.6 Å². The van der Waals surface area contributed by atoms with Gasteiger partial charge < -0.3 is 5.73 Å². The summed E-state index contributed by atoms with van der Waals surface area (Å²) < 4.78 is 39.8. The zero-order valence-corrected chi connectivity index (χ0v) is 13.5. The van der Waals surface area contributed by atoms with E-state index in [1.165, 1.54) is 22.5 Å². The average molecular weight is 335 g/mol. The van der Waals surface area contributed by atoms with Gasteiger partial charge in [-0.05, 0) is 37.5 Å². The molecule has 1 aliphatic heterocycles. The summed E-state index contributed by atoms with van der Waals surface area (Å²) in [6, 6.07) is 3.62. The van der Waals surface area contributed by atoms with Crippen LogP contribution in [0.5, 0.6) is 0 Å². The highest BCUT2D eigenvalue weighted by Gasteiger charge is 2.34. The van der Waals surface area contributed by atoms with Crippen molar-refractivity contribution in [1.29, 1.82) is 0 Å². The first-order valence-corrected chi connectivity index (χ1v) is 8.99. The molecule has 2 rings (SSSR count). The summed E-state index contributed by atoms with van der Waals surface area (Å²) >= 11 is 5.70. The monoisotopic (exact) mass is 334 g/mol. The predicted molar refractivity (Wildman–Crippen MR) is 82.0 cm³/mol. The Hall–Kier alpha value is -0.690. The maximum absolute atomic E-state index is 13.1. The second kappa shape index (κ2) is 6.60. The van der Waals surface area contributed by atoms with Gasteiger partial charge in [0.25, 0.3) is 0 Å². The fraction of sp³-hybridized carbons (Fsp3) is 0.571. The van der Waals surface area contributed by atoms with Gasteiger partial charge in [0.15, 0.2) is 0 Å². The zero-order valence-electron chi connectivity index (χ0n) is 11.9. The highest BCUT2D eigenvalue weighted by molar-refractivity contribution is 7.88. The molecule has 0 saturated carbocycles. The van der Waals surface area contributed by atoms with Crippen molar-refractivity contribution < 1.29 is 12.8 Å². The predicted octanol–water partition coefficient (Wildman–Crippen LogP) is 2.51. The number of sulfonamides is 1. The molecule has 1 aromatic carbocycles. The van der Waals surface area contributed by atoms with Gasteiger partial charge in [-0.3, -0.25) is 0 Å². The van der Waals surface area contributed by atoms with Crippen LogP contribution in [0.25, 0.3) is 0 Å². The van der Waals surface area contributed by atoms with Crippen LogP contribution in [0.3, 0.4) is 0 Å². The third kappa shape index (κ3) is 3.94. The van der Waals surface area contributed by atoms with Crippen molar-refractivity contribution in [3.63, 3.8) is 0 Å². The largest absolute Gasteiger partial charge is 0.326 e. The summed E-state index contributed by atoms with van der Waals surface area (Å²) in [5, 5.41) is -0.0647. The van der Waals surface area contributed by atoms with Crippen LogP contribution in [-0.4, -0.2) is 31.4 Å². The molecule has 0 aromatic heterocycles. The minimum Gasteiger partial charge on any atom is -0.326 e. The number of hydrogen-bond donors (Lipinski definition) is 1. The van der Waals surface area contributed by atoms with E-state index in [-0.39, 0.29) is 22.9 Å². The van der Waals surface area contributed by atoms with Gasteiger partial charge in [0, 0.05) is 18.6 Å². The molecule has 1 heterocycles. The highest BCUT2D eigenvalue weighted by Crippen LogP contribution is 2.25. The summed E-state index contributed by atoms with van der Waals surface area (Å²) in [5.41, 5.74) is 6.40. The second-order valence-corrected chi connectivity index (χ2v) is 7.87. The van der Waals surface area contributed by atoms with Crippen molar-refractivity contribution in [2.45, 2.75) is 44.0 Å². The van der Waals surface area contributed by atoms with Crippen molar-refractivity contribution in [1.82, 2.24) is 4.31 Å². The highest BCUT2D eigenvalue weighted by atomic mass is 35.5. The minimum atomic E-state index is -3.49. The van der Waals surface area contributed by atoms with Crippen molar-refractivity contribution in [2.75, 3.05) is 6.54 Å². The number of hydrogen-bond acceptors (Lipinski definition) is 3. The lowest BCUT2D eigenvalue weighted by Crippen LogP contribution is -2.51. The minimum absolute atomic E-state index is 0.0647. The second-order valence-electron chi connectivity index (χ2n) is 5.54. The lowest BCUT2D eigenvalue weighted by atomic mass is 10.00. The maximum atomic E-state index is 13.1. The number of piperidine rings is 1. The van der Waals surface area contributed by atoms with Crippen molar-refractivity contribution in [2.24, 2.45) is 5.73 Å². The van der Waals surface area contributed by atoms with E-state index in [1.54, 1.807) is 0 Å². The molecule has 0 radical (unpaired) electrons. The van der Waals surface area contributed by atoms with Gasteiger partial charge in [0.2, 0.25) is 10.0 Å². The number of nitrogens with two attached hydrogens (primary N) is 1. The fourth-order valence-corrected chi connectivity index (χ4v) is 4.81. The van der Waals surface area contributed by atoms with Crippen molar-refractivity contribution in [3.05, 3.63) is 34.6 Å². The molecule has 0 amide bonds. The van der Waals surface area contributed by atoms with E-state index in [2.05, 4.69) is 0 Å². The molecule has 0 aliphatic carbocycles. The number of benzene rings is 1. The van der Waals surface area contributed by atoms with Crippen LogP contribution < -0.4 is 5.73 Å². The summed E-state index contributed by atoms with van der Waals surface area (Å²) in [6.07, 6.45) is 2.61. The lowest BCUT2D eigenvalue weighted by molar-refractivity contribution is 0.227. The van der Waals surface area contributed by atoms with Crippen LogP contribution >= 0.6 is 11.6 Å². The molecule has 1 aromatic rings. The number of halogens is 2. The molecular formula is C14H20ClFN2O2S. The normalized spacial score (nSPS) is 22.2. The SMILES string of the molecule is CC(N)C1CCCCN1S(=O)(=O)Cc1ccc(F)c(Cl)c1. The molecule has 0 bridgehead atoms. The van der Waals surface area contributed by atoms with Crippen LogP contribution in [0.2, 0.25) is 5.02 Å². The van der Waals surface area contributed by atoms with Crippen LogP contribution in [0, 0.1) is 5.82 Å². The molecule has 21 heavy (non-hydrogen) atoms. The van der Waals surface area contributed by atoms with E-state index in [4.69, 9.17) is 17.3 Å². The van der Waals surface area contributed by atoms with Gasteiger partial charge in [-0.1, -0.05) is 24.1 Å². The van der Waals surface area contributed by atoms with Crippen LogP contribution in [0.15, 0.2) is 18.2 Å². The standard InChI is InChI=1S/C14H20ClFN2O2S/c1-10(17)14-4-2-3-7-18(14)21(19,20)9-11-5-6-13(16)12(15)8-11/h5-6,8,10,14H,2-4,7,9,17H2,1H3. The first kappa shape index (κ1) is 16.7. The smallest absolute Gasteiger partial charge is 0.218 e. The summed E-state index contributed by atoms with van der Waals surface area (Å²) in [6.45, 7) is 2.32. The molecule has 2 atom stereocenters. The number of nitrogens with zero attached hydrogens (tertiary/aromatic N) is 1. The first-order valence-electron chi connectivity index (χ1n) is 7.00. The first-order chi connectivity index (χ1) is 9.81. The van der Waals surface area contributed by atoms with Crippen molar-refractivity contribution in [3.8, 4) is 0 Å². The zero-order chi connectivity index (χ0) is 15.6. The Morgan fingerprint density at radius 3 is 2.81 bits per heavy atom. The van der Waals surface area contributed by atoms with Gasteiger partial charge in [0.1, 0.15) is 5.82 Å². The Bertz CT molecular complexity index is 607. The Labute approximate surface area is 130 Å². The molecule has 2 unspecified atom stereocenters. The van der Waals surface area contributed by atoms with E-state index in [0.29, 0.717) is 12.1 Å². The third-order valence-corrected chi connectivity index (χ3v) is 5.95. The van der Waals surface area contributed by atoms with Crippen LogP contribution in [-0.2, 0) is 15.8 Å². The Balaban J connectivity index is 2.22. The Morgan fingerprint density at radius 2 is 2.19 bits per heavy atom. The quantitative estimate of drug-likeness (QED) is 0.920. The molecule has 1 aliphatic rings. The molecular weight excluding hydrogens is 315 g/mol. The van der Waals surface area contributed by atoms with Crippen LogP contribution in [0.4, 0.5) is 4.39 Å². The van der Waals surface area contributed by atoms with E-state index >= 15 is 0 Å². The fourth-order valence-electron chi connectivity index (χ4n) is 2.72. The van der Waals surface area contributed by atoms with E-state index < -0.39 is 15.8 Å². The molecule has 2 N–H and O–H groups in total. The number of rotatable bonds is 4. The topological polar surface area (TPSA) is 63.4 Å². The molecule has 118 valence electrons. The summed E-state index contributed by atoms with van der Waals surface area (Å²) in [5.74, 6) is -0.736. The summed E-state index contributed by atoms with van der Waals surface area (Å²) in [4.78, 5) is 0. The van der Waals surface area contributed by atoms with Gasteiger partial charge in [-0.25, -0.2) is 12.8 Å². The Kier molecular flexibility index (Phi) is 5.24. The van der Waals surface area contributed by atoms with Gasteiger partial charge in [-0.2, -0.15) is 4.31 Å². The molecule has 1 saturated heterocycles. The molecule has 0 spiro atoms. The maximum Gasteiger partial charge on any atom is 0.218 e. The average Bonchev–Trinajstić information content (AvgIpc) is 2.42.